The maximum Gasteiger partial charge on any atom is 0.226 e. The van der Waals surface area contributed by atoms with Crippen LogP contribution in [-0.4, -0.2) is 87.6 Å². The summed E-state index contributed by atoms with van der Waals surface area (Å²) in [4.78, 5) is 26.1. The summed E-state index contributed by atoms with van der Waals surface area (Å²) in [5, 5.41) is 12.2. The third-order valence-corrected chi connectivity index (χ3v) is 5.28. The molecule has 0 radical (unpaired) electrons. The Balaban J connectivity index is 2.36. The standard InChI is InChI=1S/C24H41N3O6/c1-4-6-19(2)27(3)16-22-20(17-28)7-5-8-23(22)26-24(30)9-10-31-11-12-32-13-14-33-18-21(29)15-25/h5,7-8,17,19,21,29H,4,6,9-16,18,25H2,1-3H3,(H,26,30). The second-order valence-electron chi connectivity index (χ2n) is 8.03. The van der Waals surface area contributed by atoms with Crippen LogP contribution < -0.4 is 11.1 Å². The van der Waals surface area contributed by atoms with Gasteiger partial charge in [-0.15, -0.1) is 0 Å². The predicted molar refractivity (Wildman–Crippen MR) is 128 cm³/mol. The highest BCUT2D eigenvalue weighted by atomic mass is 16.5. The first-order valence-electron chi connectivity index (χ1n) is 11.6. The lowest BCUT2D eigenvalue weighted by Gasteiger charge is -2.26. The summed E-state index contributed by atoms with van der Waals surface area (Å²) in [6.07, 6.45) is 2.53. The van der Waals surface area contributed by atoms with Crippen LogP contribution in [0, 0.1) is 0 Å². The number of amides is 1. The predicted octanol–water partition coefficient (Wildman–Crippen LogP) is 1.82. The second kappa shape index (κ2) is 17.6. The first-order valence-corrected chi connectivity index (χ1v) is 11.6. The van der Waals surface area contributed by atoms with E-state index in [2.05, 4.69) is 24.1 Å². The molecule has 9 heteroatoms. The van der Waals surface area contributed by atoms with Crippen LogP contribution in [-0.2, 0) is 25.5 Å². The smallest absolute Gasteiger partial charge is 0.226 e. The van der Waals surface area contributed by atoms with E-state index < -0.39 is 6.10 Å². The van der Waals surface area contributed by atoms with E-state index in [-0.39, 0.29) is 32.1 Å². The number of aldehydes is 1. The van der Waals surface area contributed by atoms with Crippen LogP contribution in [0.3, 0.4) is 0 Å². The van der Waals surface area contributed by atoms with E-state index in [0.717, 1.165) is 24.7 Å². The monoisotopic (exact) mass is 467 g/mol. The number of hydrogen-bond donors (Lipinski definition) is 3. The van der Waals surface area contributed by atoms with Gasteiger partial charge in [0.25, 0.3) is 0 Å². The molecule has 0 fully saturated rings. The van der Waals surface area contributed by atoms with Crippen LogP contribution in [0.25, 0.3) is 0 Å². The molecule has 0 bridgehead atoms. The van der Waals surface area contributed by atoms with Crippen LogP contribution in [0.4, 0.5) is 5.69 Å². The molecule has 0 spiro atoms. The normalized spacial score (nSPS) is 13.2. The number of ether oxygens (including phenoxy) is 3. The Morgan fingerprint density at radius 2 is 1.85 bits per heavy atom. The van der Waals surface area contributed by atoms with Gasteiger partial charge in [-0.25, -0.2) is 0 Å². The summed E-state index contributed by atoms with van der Waals surface area (Å²) in [5.74, 6) is -0.170. The molecule has 1 aromatic carbocycles. The summed E-state index contributed by atoms with van der Waals surface area (Å²) in [6, 6.07) is 5.73. The van der Waals surface area contributed by atoms with Crippen LogP contribution in [0.1, 0.15) is 49.0 Å². The van der Waals surface area contributed by atoms with Crippen molar-refractivity contribution in [2.75, 3.05) is 58.6 Å². The fourth-order valence-corrected chi connectivity index (χ4v) is 3.16. The summed E-state index contributed by atoms with van der Waals surface area (Å²) in [5.41, 5.74) is 7.34. The minimum atomic E-state index is -0.651. The van der Waals surface area contributed by atoms with Gasteiger partial charge in [-0.2, -0.15) is 0 Å². The van der Waals surface area contributed by atoms with Gasteiger partial charge in [-0.1, -0.05) is 25.5 Å². The molecule has 1 rings (SSSR count). The van der Waals surface area contributed by atoms with Gasteiger partial charge >= 0.3 is 0 Å². The number of anilines is 1. The van der Waals surface area contributed by atoms with Crippen molar-refractivity contribution in [1.29, 1.82) is 0 Å². The summed E-state index contributed by atoms with van der Waals surface area (Å²) in [7, 11) is 2.03. The number of rotatable bonds is 19. The van der Waals surface area contributed by atoms with Gasteiger partial charge < -0.3 is 30.4 Å². The number of nitrogens with two attached hydrogens (primary N) is 1. The summed E-state index contributed by atoms with van der Waals surface area (Å²) in [6.45, 7) is 7.02. The van der Waals surface area contributed by atoms with E-state index in [0.29, 0.717) is 50.3 Å². The quantitative estimate of drug-likeness (QED) is 0.208. The van der Waals surface area contributed by atoms with E-state index in [9.17, 15) is 14.7 Å². The number of aliphatic hydroxyl groups is 1. The SMILES string of the molecule is CCCC(C)N(C)Cc1c(C=O)cccc1NC(=O)CCOCCOCCOCC(O)CN. The van der Waals surface area contributed by atoms with E-state index in [1.165, 1.54) is 0 Å². The molecular formula is C24H41N3O6. The summed E-state index contributed by atoms with van der Waals surface area (Å²) < 4.78 is 16.0. The number of nitrogens with one attached hydrogen (secondary N) is 1. The van der Waals surface area contributed by atoms with Crippen molar-refractivity contribution in [3.8, 4) is 0 Å². The number of carbonyl (C=O) groups excluding carboxylic acids is 2. The molecule has 1 amide bonds. The molecule has 1 aromatic rings. The lowest BCUT2D eigenvalue weighted by molar-refractivity contribution is -0.117. The minimum Gasteiger partial charge on any atom is -0.389 e. The largest absolute Gasteiger partial charge is 0.389 e. The summed E-state index contributed by atoms with van der Waals surface area (Å²) >= 11 is 0. The van der Waals surface area contributed by atoms with Crippen molar-refractivity contribution >= 4 is 17.9 Å². The topological polar surface area (TPSA) is 123 Å². The highest BCUT2D eigenvalue weighted by Gasteiger charge is 2.15. The number of aliphatic hydroxyl groups excluding tert-OH is 1. The molecule has 0 heterocycles. The third-order valence-electron chi connectivity index (χ3n) is 5.28. The number of carbonyl (C=O) groups is 2. The molecule has 2 atom stereocenters. The Morgan fingerprint density at radius 3 is 2.48 bits per heavy atom. The number of nitrogens with zero attached hydrogens (tertiary/aromatic N) is 1. The van der Waals surface area contributed by atoms with Gasteiger partial charge in [0, 0.05) is 35.9 Å². The average molecular weight is 468 g/mol. The van der Waals surface area contributed by atoms with Gasteiger partial charge in [0.05, 0.1) is 52.2 Å². The Hall–Kier alpha value is -1.88. The van der Waals surface area contributed by atoms with Crippen molar-refractivity contribution in [2.24, 2.45) is 5.73 Å². The molecule has 0 aromatic heterocycles. The fraction of sp³-hybridized carbons (Fsp3) is 0.667. The average Bonchev–Trinajstić information content (AvgIpc) is 2.81. The van der Waals surface area contributed by atoms with Gasteiger partial charge in [0.2, 0.25) is 5.91 Å². The van der Waals surface area contributed by atoms with Crippen LogP contribution >= 0.6 is 0 Å². The third kappa shape index (κ3) is 12.2. The van der Waals surface area contributed by atoms with Crippen molar-refractivity contribution in [1.82, 2.24) is 4.90 Å². The van der Waals surface area contributed by atoms with Gasteiger partial charge in [0.15, 0.2) is 0 Å². The van der Waals surface area contributed by atoms with Crippen molar-refractivity contribution in [3.63, 3.8) is 0 Å². The molecular weight excluding hydrogens is 426 g/mol. The zero-order valence-electron chi connectivity index (χ0n) is 20.3. The van der Waals surface area contributed by atoms with Crippen molar-refractivity contribution in [3.05, 3.63) is 29.3 Å². The molecule has 0 aliphatic carbocycles. The van der Waals surface area contributed by atoms with Crippen molar-refractivity contribution < 1.29 is 28.9 Å². The first-order chi connectivity index (χ1) is 15.9. The first kappa shape index (κ1) is 29.2. The Morgan fingerprint density at radius 1 is 1.18 bits per heavy atom. The van der Waals surface area contributed by atoms with Crippen LogP contribution in [0.2, 0.25) is 0 Å². The highest BCUT2D eigenvalue weighted by molar-refractivity contribution is 5.93. The van der Waals surface area contributed by atoms with Crippen LogP contribution in [0.5, 0.6) is 0 Å². The molecule has 4 N–H and O–H groups in total. The van der Waals surface area contributed by atoms with E-state index >= 15 is 0 Å². The van der Waals surface area contributed by atoms with Crippen LogP contribution in [0.15, 0.2) is 18.2 Å². The highest BCUT2D eigenvalue weighted by Crippen LogP contribution is 2.22. The molecule has 188 valence electrons. The van der Waals surface area contributed by atoms with E-state index in [1.54, 1.807) is 12.1 Å². The van der Waals surface area contributed by atoms with E-state index in [4.69, 9.17) is 19.9 Å². The zero-order valence-corrected chi connectivity index (χ0v) is 20.3. The fourth-order valence-electron chi connectivity index (χ4n) is 3.16. The maximum absolute atomic E-state index is 12.4. The lowest BCUT2D eigenvalue weighted by atomic mass is 10.0. The molecule has 0 aliphatic heterocycles. The molecule has 0 aliphatic rings. The Bertz CT molecular complexity index is 688. The van der Waals surface area contributed by atoms with E-state index in [1.807, 2.05) is 13.1 Å². The van der Waals surface area contributed by atoms with Gasteiger partial charge in [-0.3, -0.25) is 14.5 Å². The lowest BCUT2D eigenvalue weighted by Crippen LogP contribution is -2.29. The molecule has 2 unspecified atom stereocenters. The minimum absolute atomic E-state index is 0.168. The number of benzene rings is 1. The molecule has 9 nitrogen and oxygen atoms in total. The van der Waals surface area contributed by atoms with Crippen molar-refractivity contribution in [2.45, 2.75) is 51.8 Å². The van der Waals surface area contributed by atoms with Gasteiger partial charge in [-0.05, 0) is 26.5 Å². The van der Waals surface area contributed by atoms with Gasteiger partial charge in [0.1, 0.15) is 6.29 Å². The zero-order chi connectivity index (χ0) is 24.5. The molecule has 33 heavy (non-hydrogen) atoms. The second-order valence-corrected chi connectivity index (χ2v) is 8.03. The Kier molecular flexibility index (Phi) is 15.5. The Labute approximate surface area is 197 Å². The molecule has 0 saturated carbocycles. The maximum atomic E-state index is 12.4. The molecule has 0 saturated heterocycles. The number of hydrogen-bond acceptors (Lipinski definition) is 8.